The minimum Gasteiger partial charge on any atom is -0.393 e. The van der Waals surface area contributed by atoms with Gasteiger partial charge < -0.3 is 10.4 Å². The molecular weight excluding hydrogens is 264 g/mol. The number of hydrogen-bond acceptors (Lipinski definition) is 5. The van der Waals surface area contributed by atoms with Crippen LogP contribution in [0.5, 0.6) is 0 Å². The maximum atomic E-state index is 11.7. The minimum atomic E-state index is -0.421. The molecule has 0 saturated heterocycles. The normalized spacial score (nSPS) is 12.3. The Balaban J connectivity index is 1.87. The maximum Gasteiger partial charge on any atom is 0.273 e. The molecule has 0 aliphatic carbocycles. The van der Waals surface area contributed by atoms with Gasteiger partial charge in [0.15, 0.2) is 5.69 Å². The van der Waals surface area contributed by atoms with Crippen LogP contribution in [0.3, 0.4) is 0 Å². The first kappa shape index (κ1) is 13.7. The summed E-state index contributed by atoms with van der Waals surface area (Å²) in [6.45, 7) is 2.73. The Morgan fingerprint density at radius 1 is 1.63 bits per heavy atom. The van der Waals surface area contributed by atoms with Gasteiger partial charge in [-0.05, 0) is 24.8 Å². The summed E-state index contributed by atoms with van der Waals surface area (Å²) < 4.78 is 1.63. The molecule has 2 aromatic heterocycles. The quantitative estimate of drug-likeness (QED) is 0.823. The maximum absolute atomic E-state index is 11.7. The Bertz CT molecular complexity index is 522. The fraction of sp³-hybridized carbons (Fsp3) is 0.417. The third-order valence-corrected chi connectivity index (χ3v) is 3.38. The van der Waals surface area contributed by atoms with Crippen molar-refractivity contribution < 1.29 is 9.90 Å². The van der Waals surface area contributed by atoms with Gasteiger partial charge in [-0.25, -0.2) is 4.68 Å². The summed E-state index contributed by atoms with van der Waals surface area (Å²) in [5, 5.41) is 21.5. The number of hydrogen-bond donors (Lipinski definition) is 2. The number of nitrogens with zero attached hydrogens (tertiary/aromatic N) is 3. The Morgan fingerprint density at radius 2 is 2.47 bits per heavy atom. The molecule has 102 valence electrons. The standard InChI is InChI=1S/C12H16N4O2S/c1-9(17)4-5-13-12(18)11-8-16(15-14-11)7-10-3-2-6-19-10/h2-3,6,8-9,17H,4-5,7H2,1H3,(H,13,18). The molecule has 1 unspecified atom stereocenters. The summed E-state index contributed by atoms with van der Waals surface area (Å²) in [6, 6.07) is 3.98. The van der Waals surface area contributed by atoms with Gasteiger partial charge in [0.25, 0.3) is 5.91 Å². The minimum absolute atomic E-state index is 0.266. The highest BCUT2D eigenvalue weighted by molar-refractivity contribution is 7.09. The number of carbonyl (C=O) groups is 1. The lowest BCUT2D eigenvalue weighted by Crippen LogP contribution is -2.26. The highest BCUT2D eigenvalue weighted by Crippen LogP contribution is 2.09. The van der Waals surface area contributed by atoms with Gasteiger partial charge in [-0.1, -0.05) is 11.3 Å². The first-order chi connectivity index (χ1) is 9.15. The zero-order valence-electron chi connectivity index (χ0n) is 10.6. The Morgan fingerprint density at radius 3 is 3.16 bits per heavy atom. The van der Waals surface area contributed by atoms with E-state index in [-0.39, 0.29) is 5.91 Å². The van der Waals surface area contributed by atoms with Crippen LogP contribution < -0.4 is 5.32 Å². The van der Waals surface area contributed by atoms with Crippen molar-refractivity contribution in [3.05, 3.63) is 34.3 Å². The molecule has 0 aliphatic rings. The van der Waals surface area contributed by atoms with E-state index in [9.17, 15) is 4.79 Å². The van der Waals surface area contributed by atoms with Crippen LogP contribution in [0.25, 0.3) is 0 Å². The van der Waals surface area contributed by atoms with Crippen molar-refractivity contribution in [2.45, 2.75) is 26.0 Å². The number of aromatic nitrogens is 3. The van der Waals surface area contributed by atoms with E-state index in [2.05, 4.69) is 15.6 Å². The Kier molecular flexibility index (Phi) is 4.64. The van der Waals surface area contributed by atoms with Crippen LogP contribution >= 0.6 is 11.3 Å². The van der Waals surface area contributed by atoms with Crippen molar-refractivity contribution in [3.63, 3.8) is 0 Å². The molecule has 0 bridgehead atoms. The molecule has 1 atom stereocenters. The lowest BCUT2D eigenvalue weighted by atomic mass is 10.3. The van der Waals surface area contributed by atoms with Gasteiger partial charge in [-0.2, -0.15) is 0 Å². The molecule has 6 nitrogen and oxygen atoms in total. The highest BCUT2D eigenvalue weighted by Gasteiger charge is 2.10. The Labute approximate surface area is 115 Å². The summed E-state index contributed by atoms with van der Waals surface area (Å²) in [5.74, 6) is -0.266. The number of carbonyl (C=O) groups excluding carboxylic acids is 1. The Hall–Kier alpha value is -1.73. The van der Waals surface area contributed by atoms with Crippen LogP contribution in [0, 0.1) is 0 Å². The second-order valence-electron chi connectivity index (χ2n) is 4.27. The highest BCUT2D eigenvalue weighted by atomic mass is 32.1. The summed E-state index contributed by atoms with van der Waals surface area (Å²) in [6.07, 6.45) is 1.72. The van der Waals surface area contributed by atoms with E-state index in [0.29, 0.717) is 25.2 Å². The van der Waals surface area contributed by atoms with E-state index in [4.69, 9.17) is 5.11 Å². The van der Waals surface area contributed by atoms with E-state index >= 15 is 0 Å². The van der Waals surface area contributed by atoms with Crippen molar-refractivity contribution in [2.75, 3.05) is 6.54 Å². The van der Waals surface area contributed by atoms with Crippen molar-refractivity contribution in [3.8, 4) is 0 Å². The summed E-state index contributed by atoms with van der Waals surface area (Å²) >= 11 is 1.64. The van der Waals surface area contributed by atoms with Crippen LogP contribution in [0.1, 0.15) is 28.7 Å². The van der Waals surface area contributed by atoms with Crippen LogP contribution in [0.15, 0.2) is 23.7 Å². The van der Waals surface area contributed by atoms with Gasteiger partial charge in [-0.3, -0.25) is 4.79 Å². The summed E-state index contributed by atoms with van der Waals surface area (Å²) in [5.41, 5.74) is 0.294. The fourth-order valence-electron chi connectivity index (χ4n) is 1.53. The average Bonchev–Trinajstić information content (AvgIpc) is 3.00. The summed E-state index contributed by atoms with van der Waals surface area (Å²) in [7, 11) is 0. The molecule has 2 rings (SSSR count). The van der Waals surface area contributed by atoms with Crippen LogP contribution in [0.4, 0.5) is 0 Å². The zero-order valence-corrected chi connectivity index (χ0v) is 11.4. The largest absolute Gasteiger partial charge is 0.393 e. The third kappa shape index (κ3) is 4.15. The van der Waals surface area contributed by atoms with Crippen molar-refractivity contribution in [1.82, 2.24) is 20.3 Å². The van der Waals surface area contributed by atoms with Gasteiger partial charge in [0.1, 0.15) is 0 Å². The van der Waals surface area contributed by atoms with E-state index < -0.39 is 6.10 Å². The monoisotopic (exact) mass is 280 g/mol. The predicted octanol–water partition coefficient (Wildman–Crippen LogP) is 0.889. The molecule has 2 N–H and O–H groups in total. The van der Waals surface area contributed by atoms with Crippen LogP contribution in [-0.2, 0) is 6.54 Å². The second kappa shape index (κ2) is 6.44. The molecule has 0 radical (unpaired) electrons. The number of aliphatic hydroxyl groups is 1. The van der Waals surface area contributed by atoms with Crippen LogP contribution in [0.2, 0.25) is 0 Å². The molecule has 0 aliphatic heterocycles. The van der Waals surface area contributed by atoms with Gasteiger partial charge >= 0.3 is 0 Å². The number of nitrogens with one attached hydrogen (secondary N) is 1. The van der Waals surface area contributed by atoms with Crippen LogP contribution in [-0.4, -0.2) is 38.7 Å². The lowest BCUT2D eigenvalue weighted by Gasteiger charge is -2.04. The lowest BCUT2D eigenvalue weighted by molar-refractivity contribution is 0.0940. The molecule has 7 heteroatoms. The predicted molar refractivity (Wildman–Crippen MR) is 72.1 cm³/mol. The number of thiophene rings is 1. The molecule has 19 heavy (non-hydrogen) atoms. The second-order valence-corrected chi connectivity index (χ2v) is 5.31. The number of rotatable bonds is 6. The summed E-state index contributed by atoms with van der Waals surface area (Å²) in [4.78, 5) is 12.9. The van der Waals surface area contributed by atoms with E-state index in [0.717, 1.165) is 4.88 Å². The molecule has 2 heterocycles. The average molecular weight is 280 g/mol. The molecule has 0 aromatic carbocycles. The van der Waals surface area contributed by atoms with E-state index in [1.807, 2.05) is 17.5 Å². The molecule has 0 fully saturated rings. The first-order valence-electron chi connectivity index (χ1n) is 6.04. The molecule has 1 amide bonds. The fourth-order valence-corrected chi connectivity index (χ4v) is 2.22. The van der Waals surface area contributed by atoms with E-state index in [1.54, 1.807) is 29.1 Å². The van der Waals surface area contributed by atoms with Crippen molar-refractivity contribution in [1.29, 1.82) is 0 Å². The van der Waals surface area contributed by atoms with Crippen molar-refractivity contribution in [2.24, 2.45) is 0 Å². The molecular formula is C12H16N4O2S. The van der Waals surface area contributed by atoms with Gasteiger partial charge in [-0.15, -0.1) is 16.4 Å². The smallest absolute Gasteiger partial charge is 0.273 e. The zero-order chi connectivity index (χ0) is 13.7. The van der Waals surface area contributed by atoms with Gasteiger partial charge in [0.2, 0.25) is 0 Å². The van der Waals surface area contributed by atoms with E-state index in [1.165, 1.54) is 0 Å². The number of aliphatic hydroxyl groups excluding tert-OH is 1. The third-order valence-electron chi connectivity index (χ3n) is 2.52. The van der Waals surface area contributed by atoms with Gasteiger partial charge in [0, 0.05) is 11.4 Å². The first-order valence-corrected chi connectivity index (χ1v) is 6.92. The van der Waals surface area contributed by atoms with Crippen molar-refractivity contribution >= 4 is 17.2 Å². The molecule has 0 spiro atoms. The SMILES string of the molecule is CC(O)CCNC(=O)c1cn(Cc2cccs2)nn1. The molecule has 0 saturated carbocycles. The molecule has 2 aromatic rings. The number of amides is 1. The topological polar surface area (TPSA) is 80.0 Å². The van der Waals surface area contributed by atoms with Gasteiger partial charge in [0.05, 0.1) is 18.8 Å².